The molecule has 0 spiro atoms. The third-order valence-electron chi connectivity index (χ3n) is 2.86. The largest absolute Gasteiger partial charge is 0.374 e. The molecule has 1 heterocycles. The first-order valence-corrected chi connectivity index (χ1v) is 9.44. The Labute approximate surface area is 138 Å². The highest BCUT2D eigenvalue weighted by Crippen LogP contribution is 2.25. The van der Waals surface area contributed by atoms with Crippen LogP contribution in [0.3, 0.4) is 0 Å². The van der Waals surface area contributed by atoms with Crippen LogP contribution in [0.25, 0.3) is 0 Å². The van der Waals surface area contributed by atoms with E-state index < -0.39 is 16.1 Å². The monoisotopic (exact) mass is 355 g/mol. The van der Waals surface area contributed by atoms with Crippen LogP contribution in [0.1, 0.15) is 23.0 Å². The van der Waals surface area contributed by atoms with Crippen molar-refractivity contribution in [3.05, 3.63) is 40.9 Å². The molecule has 0 saturated heterocycles. The minimum Gasteiger partial charge on any atom is -0.374 e. The van der Waals surface area contributed by atoms with Crippen molar-refractivity contribution in [2.75, 3.05) is 18.5 Å². The predicted molar refractivity (Wildman–Crippen MR) is 88.2 cm³/mol. The lowest BCUT2D eigenvalue weighted by Crippen LogP contribution is -2.33. The number of carbonyl (C=O) groups is 1. The SMILES string of the molecule is CS(=O)(=O)NCCC(=O)NC(c1ccccc1)c1nnc(N)s1. The molecule has 1 unspecified atom stereocenters. The Bertz CT molecular complexity index is 761. The Kier molecular flexibility index (Phi) is 5.64. The molecule has 0 aliphatic heterocycles. The molecule has 0 bridgehead atoms. The van der Waals surface area contributed by atoms with Gasteiger partial charge in [0, 0.05) is 13.0 Å². The van der Waals surface area contributed by atoms with E-state index in [1.807, 2.05) is 30.3 Å². The van der Waals surface area contributed by atoms with Gasteiger partial charge in [-0.3, -0.25) is 4.79 Å². The van der Waals surface area contributed by atoms with Crippen molar-refractivity contribution in [2.45, 2.75) is 12.5 Å². The third-order valence-corrected chi connectivity index (χ3v) is 4.40. The van der Waals surface area contributed by atoms with E-state index in [0.29, 0.717) is 10.1 Å². The summed E-state index contributed by atoms with van der Waals surface area (Å²) in [5.41, 5.74) is 6.45. The fraction of sp³-hybridized carbons (Fsp3) is 0.308. The Hall–Kier alpha value is -2.04. The zero-order valence-electron chi connectivity index (χ0n) is 12.4. The lowest BCUT2D eigenvalue weighted by molar-refractivity contribution is -0.121. The first kappa shape index (κ1) is 17.3. The van der Waals surface area contributed by atoms with Crippen LogP contribution in [0.5, 0.6) is 0 Å². The molecule has 0 fully saturated rings. The maximum Gasteiger partial charge on any atom is 0.222 e. The van der Waals surface area contributed by atoms with Gasteiger partial charge in [-0.1, -0.05) is 41.7 Å². The van der Waals surface area contributed by atoms with Crippen LogP contribution in [0, 0.1) is 0 Å². The van der Waals surface area contributed by atoms with Gasteiger partial charge in [-0.2, -0.15) is 0 Å². The molecular formula is C13H17N5O3S2. The first-order valence-electron chi connectivity index (χ1n) is 6.73. The number of anilines is 1. The van der Waals surface area contributed by atoms with Gasteiger partial charge in [0.1, 0.15) is 11.0 Å². The van der Waals surface area contributed by atoms with E-state index >= 15 is 0 Å². The van der Waals surface area contributed by atoms with Gasteiger partial charge in [-0.05, 0) is 5.56 Å². The number of nitrogens with zero attached hydrogens (tertiary/aromatic N) is 2. The molecule has 0 aliphatic rings. The molecule has 1 atom stereocenters. The molecule has 8 nitrogen and oxygen atoms in total. The normalized spacial score (nSPS) is 12.7. The van der Waals surface area contributed by atoms with E-state index in [0.717, 1.165) is 11.8 Å². The Morgan fingerprint density at radius 2 is 2.00 bits per heavy atom. The number of rotatable bonds is 7. The fourth-order valence-corrected chi connectivity index (χ4v) is 3.04. The fourth-order valence-electron chi connectivity index (χ4n) is 1.88. The highest BCUT2D eigenvalue weighted by Gasteiger charge is 2.20. The molecule has 124 valence electrons. The van der Waals surface area contributed by atoms with Crippen molar-refractivity contribution in [1.29, 1.82) is 0 Å². The Morgan fingerprint density at radius 3 is 2.57 bits per heavy atom. The minimum atomic E-state index is -3.32. The summed E-state index contributed by atoms with van der Waals surface area (Å²) in [5.74, 6) is -0.302. The summed E-state index contributed by atoms with van der Waals surface area (Å²) in [6, 6.07) is 8.81. The van der Waals surface area contributed by atoms with E-state index in [2.05, 4.69) is 20.2 Å². The molecular weight excluding hydrogens is 338 g/mol. The number of carbonyl (C=O) groups excluding carboxylic acids is 1. The summed E-state index contributed by atoms with van der Waals surface area (Å²) in [6.45, 7) is 0.0322. The molecule has 1 aromatic carbocycles. The van der Waals surface area contributed by atoms with E-state index in [-0.39, 0.29) is 18.9 Å². The molecule has 23 heavy (non-hydrogen) atoms. The van der Waals surface area contributed by atoms with Gasteiger partial charge in [0.15, 0.2) is 0 Å². The number of nitrogens with two attached hydrogens (primary N) is 1. The minimum absolute atomic E-state index is 0.0185. The molecule has 0 saturated carbocycles. The number of aromatic nitrogens is 2. The maximum absolute atomic E-state index is 12.1. The molecule has 0 aliphatic carbocycles. The summed E-state index contributed by atoms with van der Waals surface area (Å²) in [4.78, 5) is 12.1. The number of benzene rings is 1. The van der Waals surface area contributed by atoms with Crippen LogP contribution in [0.15, 0.2) is 30.3 Å². The summed E-state index contributed by atoms with van der Waals surface area (Å²) >= 11 is 1.19. The Balaban J connectivity index is 2.08. The number of hydrogen-bond donors (Lipinski definition) is 3. The second kappa shape index (κ2) is 7.49. The van der Waals surface area contributed by atoms with Gasteiger partial charge >= 0.3 is 0 Å². The van der Waals surface area contributed by atoms with E-state index in [1.165, 1.54) is 11.3 Å². The van der Waals surface area contributed by atoms with Gasteiger partial charge in [-0.25, -0.2) is 13.1 Å². The number of nitrogens with one attached hydrogen (secondary N) is 2. The summed E-state index contributed by atoms with van der Waals surface area (Å²) in [6.07, 6.45) is 1.06. The molecule has 10 heteroatoms. The van der Waals surface area contributed by atoms with Crippen molar-refractivity contribution in [2.24, 2.45) is 0 Å². The summed E-state index contributed by atoms with van der Waals surface area (Å²) in [7, 11) is -3.32. The van der Waals surface area contributed by atoms with Crippen LogP contribution in [0.4, 0.5) is 5.13 Å². The highest BCUT2D eigenvalue weighted by molar-refractivity contribution is 7.88. The zero-order valence-corrected chi connectivity index (χ0v) is 14.0. The molecule has 4 N–H and O–H groups in total. The molecule has 0 radical (unpaired) electrons. The number of sulfonamides is 1. The van der Waals surface area contributed by atoms with Crippen LogP contribution in [-0.2, 0) is 14.8 Å². The molecule has 2 aromatic rings. The standard InChI is InChI=1S/C13H17N5O3S2/c1-23(20,21)15-8-7-10(19)16-11(9-5-3-2-4-6-9)12-17-18-13(14)22-12/h2-6,11,15H,7-8H2,1H3,(H2,14,18)(H,16,19). The van der Waals surface area contributed by atoms with Gasteiger partial charge in [0.25, 0.3) is 0 Å². The van der Waals surface area contributed by atoms with E-state index in [9.17, 15) is 13.2 Å². The van der Waals surface area contributed by atoms with Gasteiger partial charge < -0.3 is 11.1 Å². The summed E-state index contributed by atoms with van der Waals surface area (Å²) in [5, 5.41) is 11.5. The number of amides is 1. The molecule has 2 rings (SSSR count). The lowest BCUT2D eigenvalue weighted by Gasteiger charge is -2.16. The van der Waals surface area contributed by atoms with Crippen molar-refractivity contribution >= 4 is 32.4 Å². The predicted octanol–water partition coefficient (Wildman–Crippen LogP) is 0.265. The van der Waals surface area contributed by atoms with Crippen LogP contribution in [0.2, 0.25) is 0 Å². The van der Waals surface area contributed by atoms with Gasteiger partial charge in [0.05, 0.1) is 6.26 Å². The quantitative estimate of drug-likeness (QED) is 0.654. The summed E-state index contributed by atoms with van der Waals surface area (Å²) < 4.78 is 24.3. The molecule has 1 amide bonds. The van der Waals surface area contributed by atoms with Crippen LogP contribution in [-0.4, -0.2) is 37.3 Å². The van der Waals surface area contributed by atoms with E-state index in [4.69, 9.17) is 5.73 Å². The van der Waals surface area contributed by atoms with Crippen molar-refractivity contribution in [3.8, 4) is 0 Å². The van der Waals surface area contributed by atoms with Crippen LogP contribution >= 0.6 is 11.3 Å². The molecule has 1 aromatic heterocycles. The van der Waals surface area contributed by atoms with Crippen molar-refractivity contribution in [3.63, 3.8) is 0 Å². The lowest BCUT2D eigenvalue weighted by atomic mass is 10.1. The van der Waals surface area contributed by atoms with E-state index in [1.54, 1.807) is 0 Å². The highest BCUT2D eigenvalue weighted by atomic mass is 32.2. The maximum atomic E-state index is 12.1. The van der Waals surface area contributed by atoms with Gasteiger partial charge in [0.2, 0.25) is 21.1 Å². The average Bonchev–Trinajstić information content (AvgIpc) is 2.90. The topological polar surface area (TPSA) is 127 Å². The van der Waals surface area contributed by atoms with Crippen molar-refractivity contribution in [1.82, 2.24) is 20.2 Å². The average molecular weight is 355 g/mol. The Morgan fingerprint density at radius 1 is 1.30 bits per heavy atom. The van der Waals surface area contributed by atoms with Crippen molar-refractivity contribution < 1.29 is 13.2 Å². The van der Waals surface area contributed by atoms with Gasteiger partial charge in [-0.15, -0.1) is 10.2 Å². The first-order chi connectivity index (χ1) is 10.8. The smallest absolute Gasteiger partial charge is 0.222 e. The third kappa shape index (κ3) is 5.58. The zero-order chi connectivity index (χ0) is 16.9. The number of nitrogen functional groups attached to an aromatic ring is 1. The second-order valence-corrected chi connectivity index (χ2v) is 7.68. The second-order valence-electron chi connectivity index (χ2n) is 4.81. The van der Waals surface area contributed by atoms with Crippen LogP contribution < -0.4 is 15.8 Å². The number of hydrogen-bond acceptors (Lipinski definition) is 7.